The third kappa shape index (κ3) is 2.44. The predicted molar refractivity (Wildman–Crippen MR) is 77.4 cm³/mol. The quantitative estimate of drug-likeness (QED) is 0.888. The van der Waals surface area contributed by atoms with Crippen molar-refractivity contribution >= 4 is 5.91 Å². The highest BCUT2D eigenvalue weighted by molar-refractivity contribution is 5.94. The van der Waals surface area contributed by atoms with E-state index in [0.29, 0.717) is 6.04 Å². The lowest BCUT2D eigenvalue weighted by molar-refractivity contribution is 0.0744. The van der Waals surface area contributed by atoms with E-state index in [1.54, 1.807) is 6.20 Å². The van der Waals surface area contributed by atoms with E-state index in [4.69, 9.17) is 0 Å². The minimum Gasteiger partial charge on any atom is -0.337 e. The van der Waals surface area contributed by atoms with E-state index in [1.807, 2.05) is 42.4 Å². The number of benzene rings is 1. The average Bonchev–Trinajstić information content (AvgIpc) is 3.18. The normalized spacial score (nSPS) is 18.1. The lowest BCUT2D eigenvalue weighted by atomic mass is 10.1. The van der Waals surface area contributed by atoms with Gasteiger partial charge in [-0.25, -0.2) is 0 Å². The number of rotatable bonds is 3. The molecule has 104 valence electrons. The van der Waals surface area contributed by atoms with Gasteiger partial charge in [0.25, 0.3) is 5.91 Å². The van der Waals surface area contributed by atoms with Crippen LogP contribution in [0.3, 0.4) is 0 Å². The van der Waals surface area contributed by atoms with Crippen molar-refractivity contribution in [1.82, 2.24) is 20.4 Å². The van der Waals surface area contributed by atoms with Crippen LogP contribution in [-0.2, 0) is 0 Å². The molecule has 1 atom stereocenters. The minimum atomic E-state index is 0.0810. The van der Waals surface area contributed by atoms with Gasteiger partial charge < -0.3 is 10.2 Å². The summed E-state index contributed by atoms with van der Waals surface area (Å²) in [5.74, 6) is 0.0810. The molecule has 1 aliphatic heterocycles. The number of carbonyl (C=O) groups excluding carboxylic acids is 1. The number of hydrogen-bond donors (Lipinski definition) is 2. The van der Waals surface area contributed by atoms with Gasteiger partial charge >= 0.3 is 0 Å². The summed E-state index contributed by atoms with van der Waals surface area (Å²) in [6.45, 7) is 1.87. The Hall–Kier alpha value is -2.14. The molecular formula is C15H18N4O. The lowest BCUT2D eigenvalue weighted by Crippen LogP contribution is -2.38. The molecule has 0 spiro atoms. The van der Waals surface area contributed by atoms with Crippen LogP contribution in [0.15, 0.2) is 36.7 Å². The molecule has 1 aliphatic rings. The molecule has 0 aliphatic carbocycles. The molecular weight excluding hydrogens is 252 g/mol. The number of likely N-dealkylation sites (N-methyl/N-ethyl adjacent to an activating group) is 1. The summed E-state index contributed by atoms with van der Waals surface area (Å²) in [6, 6.07) is 7.97. The molecule has 0 saturated carbocycles. The maximum absolute atomic E-state index is 12.4. The first kappa shape index (κ1) is 12.9. The van der Waals surface area contributed by atoms with Gasteiger partial charge in [-0.15, -0.1) is 0 Å². The third-order valence-corrected chi connectivity index (χ3v) is 3.87. The van der Waals surface area contributed by atoms with Gasteiger partial charge in [-0.2, -0.15) is 5.10 Å². The maximum Gasteiger partial charge on any atom is 0.253 e. The molecule has 1 fully saturated rings. The van der Waals surface area contributed by atoms with Crippen molar-refractivity contribution in [3.8, 4) is 11.1 Å². The summed E-state index contributed by atoms with van der Waals surface area (Å²) in [6.07, 6.45) is 4.63. The van der Waals surface area contributed by atoms with E-state index in [-0.39, 0.29) is 5.91 Å². The third-order valence-electron chi connectivity index (χ3n) is 3.87. The van der Waals surface area contributed by atoms with Gasteiger partial charge in [-0.3, -0.25) is 9.89 Å². The first-order valence-corrected chi connectivity index (χ1v) is 6.83. The number of aromatic amines is 1. The van der Waals surface area contributed by atoms with E-state index in [9.17, 15) is 4.79 Å². The lowest BCUT2D eigenvalue weighted by Gasteiger charge is -2.23. The molecule has 3 rings (SSSR count). The van der Waals surface area contributed by atoms with E-state index in [2.05, 4.69) is 15.5 Å². The zero-order chi connectivity index (χ0) is 13.9. The molecule has 2 aromatic rings. The smallest absolute Gasteiger partial charge is 0.253 e. The fourth-order valence-corrected chi connectivity index (χ4v) is 2.55. The zero-order valence-electron chi connectivity index (χ0n) is 11.5. The summed E-state index contributed by atoms with van der Waals surface area (Å²) >= 11 is 0. The predicted octanol–water partition coefficient (Wildman–Crippen LogP) is 1.51. The monoisotopic (exact) mass is 270 g/mol. The van der Waals surface area contributed by atoms with Gasteiger partial charge in [0.15, 0.2) is 0 Å². The Morgan fingerprint density at radius 1 is 1.30 bits per heavy atom. The van der Waals surface area contributed by atoms with Gasteiger partial charge in [0.2, 0.25) is 0 Å². The van der Waals surface area contributed by atoms with Gasteiger partial charge in [-0.05, 0) is 30.7 Å². The van der Waals surface area contributed by atoms with Crippen molar-refractivity contribution < 1.29 is 4.79 Å². The maximum atomic E-state index is 12.4. The Balaban J connectivity index is 1.75. The van der Waals surface area contributed by atoms with Gasteiger partial charge in [-0.1, -0.05) is 12.1 Å². The molecule has 2 heterocycles. The highest BCUT2D eigenvalue weighted by Gasteiger charge is 2.23. The van der Waals surface area contributed by atoms with Crippen molar-refractivity contribution in [3.05, 3.63) is 42.2 Å². The summed E-state index contributed by atoms with van der Waals surface area (Å²) in [5, 5.41) is 10.0. The van der Waals surface area contributed by atoms with Crippen LogP contribution < -0.4 is 5.32 Å². The molecule has 0 radical (unpaired) electrons. The number of H-pyrrole nitrogens is 1. The van der Waals surface area contributed by atoms with Crippen LogP contribution in [0.4, 0.5) is 0 Å². The Kier molecular flexibility index (Phi) is 3.52. The number of nitrogens with one attached hydrogen (secondary N) is 2. The van der Waals surface area contributed by atoms with Crippen molar-refractivity contribution in [2.75, 3.05) is 20.1 Å². The van der Waals surface area contributed by atoms with Crippen LogP contribution in [0, 0.1) is 0 Å². The standard InChI is InChI=1S/C15H18N4O/c1-19(14-6-7-16-10-14)15(20)12-4-2-11(3-5-12)13-8-17-18-9-13/h2-5,8-9,14,16H,6-7,10H2,1H3,(H,17,18). The van der Waals surface area contributed by atoms with Crippen LogP contribution in [0.25, 0.3) is 11.1 Å². The second kappa shape index (κ2) is 5.46. The second-order valence-corrected chi connectivity index (χ2v) is 5.13. The van der Waals surface area contributed by atoms with Gasteiger partial charge in [0, 0.05) is 37.0 Å². The first-order valence-electron chi connectivity index (χ1n) is 6.83. The van der Waals surface area contributed by atoms with Crippen LogP contribution in [0.1, 0.15) is 16.8 Å². The zero-order valence-corrected chi connectivity index (χ0v) is 11.5. The van der Waals surface area contributed by atoms with Crippen molar-refractivity contribution in [2.45, 2.75) is 12.5 Å². The fourth-order valence-electron chi connectivity index (χ4n) is 2.55. The molecule has 1 amide bonds. The Labute approximate surface area is 118 Å². The Morgan fingerprint density at radius 2 is 2.10 bits per heavy atom. The number of aromatic nitrogens is 2. The molecule has 0 bridgehead atoms. The molecule has 2 N–H and O–H groups in total. The molecule has 5 nitrogen and oxygen atoms in total. The first-order chi connectivity index (χ1) is 9.75. The average molecular weight is 270 g/mol. The minimum absolute atomic E-state index is 0.0810. The second-order valence-electron chi connectivity index (χ2n) is 5.13. The van der Waals surface area contributed by atoms with Crippen molar-refractivity contribution in [2.24, 2.45) is 0 Å². The Bertz CT molecular complexity index is 570. The van der Waals surface area contributed by atoms with E-state index >= 15 is 0 Å². The van der Waals surface area contributed by atoms with Crippen LogP contribution in [-0.4, -0.2) is 47.2 Å². The highest BCUT2D eigenvalue weighted by atomic mass is 16.2. The number of amides is 1. The number of hydrogen-bond acceptors (Lipinski definition) is 3. The molecule has 5 heteroatoms. The molecule has 1 unspecified atom stereocenters. The van der Waals surface area contributed by atoms with Crippen molar-refractivity contribution in [1.29, 1.82) is 0 Å². The molecule has 1 aromatic carbocycles. The molecule has 1 aromatic heterocycles. The van der Waals surface area contributed by atoms with Crippen LogP contribution in [0.5, 0.6) is 0 Å². The molecule has 20 heavy (non-hydrogen) atoms. The van der Waals surface area contributed by atoms with Gasteiger partial charge in [0.1, 0.15) is 0 Å². The summed E-state index contributed by atoms with van der Waals surface area (Å²) in [7, 11) is 1.88. The SMILES string of the molecule is CN(C(=O)c1ccc(-c2cn[nH]c2)cc1)C1CCNC1. The number of nitrogens with zero attached hydrogens (tertiary/aromatic N) is 2. The van der Waals surface area contributed by atoms with Gasteiger partial charge in [0.05, 0.1) is 6.20 Å². The van der Waals surface area contributed by atoms with Crippen molar-refractivity contribution in [3.63, 3.8) is 0 Å². The summed E-state index contributed by atoms with van der Waals surface area (Å²) < 4.78 is 0. The number of carbonyl (C=O) groups is 1. The Morgan fingerprint density at radius 3 is 2.70 bits per heavy atom. The van der Waals surface area contributed by atoms with E-state index in [0.717, 1.165) is 36.2 Å². The topological polar surface area (TPSA) is 61.0 Å². The fraction of sp³-hybridized carbons (Fsp3) is 0.333. The van der Waals surface area contributed by atoms with Crippen LogP contribution >= 0.6 is 0 Å². The summed E-state index contributed by atoms with van der Waals surface area (Å²) in [5.41, 5.74) is 2.81. The van der Waals surface area contributed by atoms with Crippen LogP contribution in [0.2, 0.25) is 0 Å². The van der Waals surface area contributed by atoms with E-state index in [1.165, 1.54) is 0 Å². The molecule has 1 saturated heterocycles. The summed E-state index contributed by atoms with van der Waals surface area (Å²) in [4.78, 5) is 14.2. The highest BCUT2D eigenvalue weighted by Crippen LogP contribution is 2.19. The van der Waals surface area contributed by atoms with E-state index < -0.39 is 0 Å². The largest absolute Gasteiger partial charge is 0.337 e.